The fraction of sp³-hybridized carbons (Fsp3) is 0.316. The second-order valence-electron chi connectivity index (χ2n) is 5.74. The number of carbonyl (C=O) groups is 1. The molecule has 0 fully saturated rings. The minimum Gasteiger partial charge on any atom is -0.485 e. The van der Waals surface area contributed by atoms with Crippen LogP contribution in [-0.4, -0.2) is 12.4 Å². The molecule has 0 aromatic heterocycles. The molecule has 0 spiro atoms. The molecule has 2 aromatic rings. The zero-order chi connectivity index (χ0) is 15.6. The van der Waals surface area contributed by atoms with Crippen molar-refractivity contribution < 1.29 is 9.53 Å². The van der Waals surface area contributed by atoms with E-state index in [1.165, 1.54) is 11.1 Å². The summed E-state index contributed by atoms with van der Waals surface area (Å²) in [5.74, 6) is 0.829. The van der Waals surface area contributed by atoms with E-state index < -0.39 is 0 Å². The van der Waals surface area contributed by atoms with Gasteiger partial charge in [0, 0.05) is 5.56 Å². The van der Waals surface area contributed by atoms with Gasteiger partial charge in [0.15, 0.2) is 12.4 Å². The highest BCUT2D eigenvalue weighted by Gasteiger charge is 2.11. The molecule has 0 aliphatic rings. The standard InChI is InChI=1S/C19H22O2/c1-12-8-15(4)19(16(5)9-12)21-11-18(20)17-7-6-13(2)14(3)10-17/h6-10H,11H2,1-5H3. The SMILES string of the molecule is Cc1cc(C)c(OCC(=O)c2ccc(C)c(C)c2)c(C)c1. The Morgan fingerprint density at radius 1 is 0.857 bits per heavy atom. The second-order valence-corrected chi connectivity index (χ2v) is 5.74. The van der Waals surface area contributed by atoms with Crippen LogP contribution in [0.25, 0.3) is 0 Å². The van der Waals surface area contributed by atoms with Gasteiger partial charge in [-0.25, -0.2) is 0 Å². The molecule has 0 saturated carbocycles. The molecule has 0 unspecified atom stereocenters. The van der Waals surface area contributed by atoms with Crippen molar-refractivity contribution in [2.45, 2.75) is 34.6 Å². The highest BCUT2D eigenvalue weighted by molar-refractivity contribution is 5.97. The van der Waals surface area contributed by atoms with Crippen LogP contribution < -0.4 is 4.74 Å². The molecule has 0 saturated heterocycles. The van der Waals surface area contributed by atoms with Gasteiger partial charge in [0.2, 0.25) is 0 Å². The number of carbonyl (C=O) groups excluding carboxylic acids is 1. The molecule has 0 heterocycles. The zero-order valence-corrected chi connectivity index (χ0v) is 13.4. The second kappa shape index (κ2) is 6.13. The summed E-state index contributed by atoms with van der Waals surface area (Å²) < 4.78 is 5.76. The van der Waals surface area contributed by atoms with Gasteiger partial charge in [0.1, 0.15) is 5.75 Å². The first-order chi connectivity index (χ1) is 9.88. The summed E-state index contributed by atoms with van der Waals surface area (Å²) in [4.78, 5) is 12.2. The van der Waals surface area contributed by atoms with Gasteiger partial charge in [0.05, 0.1) is 0 Å². The summed E-state index contributed by atoms with van der Waals surface area (Å²) in [7, 11) is 0. The average Bonchev–Trinajstić information content (AvgIpc) is 2.40. The van der Waals surface area contributed by atoms with Crippen LogP contribution in [0.1, 0.15) is 38.2 Å². The number of ketones is 1. The van der Waals surface area contributed by atoms with Crippen molar-refractivity contribution in [2.75, 3.05) is 6.61 Å². The molecule has 0 aliphatic heterocycles. The molecule has 0 amide bonds. The van der Waals surface area contributed by atoms with Gasteiger partial charge >= 0.3 is 0 Å². The minimum absolute atomic E-state index is 0.0116. The van der Waals surface area contributed by atoms with Gasteiger partial charge in [-0.1, -0.05) is 29.8 Å². The molecule has 2 rings (SSSR count). The molecule has 0 N–H and O–H groups in total. The summed E-state index contributed by atoms with van der Waals surface area (Å²) in [6.45, 7) is 10.2. The number of ether oxygens (including phenoxy) is 1. The summed E-state index contributed by atoms with van der Waals surface area (Å²) in [6, 6.07) is 9.91. The number of rotatable bonds is 4. The van der Waals surface area contributed by atoms with E-state index in [1.807, 2.05) is 45.9 Å². The Bertz CT molecular complexity index is 661. The van der Waals surface area contributed by atoms with Crippen molar-refractivity contribution in [1.82, 2.24) is 0 Å². The first-order valence-electron chi connectivity index (χ1n) is 7.19. The Morgan fingerprint density at radius 3 is 2.05 bits per heavy atom. The lowest BCUT2D eigenvalue weighted by molar-refractivity contribution is 0.0920. The predicted molar refractivity (Wildman–Crippen MR) is 86.4 cm³/mol. The Morgan fingerprint density at radius 2 is 1.48 bits per heavy atom. The van der Waals surface area contributed by atoms with E-state index in [0.717, 1.165) is 22.4 Å². The van der Waals surface area contributed by atoms with Crippen molar-refractivity contribution in [2.24, 2.45) is 0 Å². The van der Waals surface area contributed by atoms with E-state index in [1.54, 1.807) is 0 Å². The van der Waals surface area contributed by atoms with Crippen LogP contribution in [0.5, 0.6) is 5.75 Å². The quantitative estimate of drug-likeness (QED) is 0.772. The van der Waals surface area contributed by atoms with Crippen LogP contribution in [0.15, 0.2) is 30.3 Å². The number of Topliss-reactive ketones (excluding diaryl/α,β-unsaturated/α-hetero) is 1. The molecule has 2 heteroatoms. The third-order valence-corrected chi connectivity index (χ3v) is 3.78. The molecule has 2 nitrogen and oxygen atoms in total. The van der Waals surface area contributed by atoms with Crippen molar-refractivity contribution >= 4 is 5.78 Å². The summed E-state index contributed by atoms with van der Waals surface area (Å²) in [5, 5.41) is 0. The Kier molecular flexibility index (Phi) is 4.46. The van der Waals surface area contributed by atoms with Gasteiger partial charge < -0.3 is 4.74 Å². The van der Waals surface area contributed by atoms with Gasteiger partial charge in [-0.05, 0) is 62.9 Å². The fourth-order valence-corrected chi connectivity index (χ4v) is 2.53. The molecule has 0 aliphatic carbocycles. The van der Waals surface area contributed by atoms with Gasteiger partial charge in [0.25, 0.3) is 0 Å². The van der Waals surface area contributed by atoms with Gasteiger partial charge in [-0.2, -0.15) is 0 Å². The highest BCUT2D eigenvalue weighted by atomic mass is 16.5. The molecule has 0 bridgehead atoms. The van der Waals surface area contributed by atoms with Crippen LogP contribution in [-0.2, 0) is 0 Å². The maximum absolute atomic E-state index is 12.2. The molecule has 21 heavy (non-hydrogen) atoms. The zero-order valence-electron chi connectivity index (χ0n) is 13.4. The first-order valence-corrected chi connectivity index (χ1v) is 7.19. The first kappa shape index (κ1) is 15.3. The fourth-order valence-electron chi connectivity index (χ4n) is 2.53. The molecule has 0 radical (unpaired) electrons. The van der Waals surface area contributed by atoms with Crippen molar-refractivity contribution in [3.05, 3.63) is 63.7 Å². The third kappa shape index (κ3) is 3.52. The van der Waals surface area contributed by atoms with E-state index in [9.17, 15) is 4.79 Å². The Balaban J connectivity index is 2.13. The number of hydrogen-bond donors (Lipinski definition) is 0. The van der Waals surface area contributed by atoms with E-state index in [-0.39, 0.29) is 12.4 Å². The van der Waals surface area contributed by atoms with Crippen molar-refractivity contribution in [3.63, 3.8) is 0 Å². The van der Waals surface area contributed by atoms with Crippen LogP contribution in [0.4, 0.5) is 0 Å². The minimum atomic E-state index is 0.0116. The molecular formula is C19H22O2. The normalized spacial score (nSPS) is 10.5. The summed E-state index contributed by atoms with van der Waals surface area (Å²) >= 11 is 0. The maximum Gasteiger partial charge on any atom is 0.200 e. The Hall–Kier alpha value is -2.09. The van der Waals surface area contributed by atoms with Crippen LogP contribution in [0, 0.1) is 34.6 Å². The van der Waals surface area contributed by atoms with Crippen LogP contribution in [0.3, 0.4) is 0 Å². The summed E-state index contributed by atoms with van der Waals surface area (Å²) in [6.07, 6.45) is 0. The smallest absolute Gasteiger partial charge is 0.200 e. The largest absolute Gasteiger partial charge is 0.485 e. The lowest BCUT2D eigenvalue weighted by atomic mass is 10.0. The third-order valence-electron chi connectivity index (χ3n) is 3.78. The lowest BCUT2D eigenvalue weighted by Gasteiger charge is -2.13. The molecule has 110 valence electrons. The number of hydrogen-bond acceptors (Lipinski definition) is 2. The number of benzene rings is 2. The maximum atomic E-state index is 12.2. The van der Waals surface area contributed by atoms with E-state index in [4.69, 9.17) is 4.74 Å². The Labute approximate surface area is 126 Å². The van der Waals surface area contributed by atoms with Gasteiger partial charge in [-0.3, -0.25) is 4.79 Å². The number of aryl methyl sites for hydroxylation is 5. The molecular weight excluding hydrogens is 260 g/mol. The summed E-state index contributed by atoms with van der Waals surface area (Å²) in [5.41, 5.74) is 6.38. The van der Waals surface area contributed by atoms with E-state index in [0.29, 0.717) is 5.56 Å². The van der Waals surface area contributed by atoms with Gasteiger partial charge in [-0.15, -0.1) is 0 Å². The van der Waals surface area contributed by atoms with Crippen LogP contribution in [0.2, 0.25) is 0 Å². The molecule has 0 atom stereocenters. The highest BCUT2D eigenvalue weighted by Crippen LogP contribution is 2.24. The monoisotopic (exact) mass is 282 g/mol. The predicted octanol–water partition coefficient (Wildman–Crippen LogP) is 4.49. The molecule has 2 aromatic carbocycles. The average molecular weight is 282 g/mol. The van der Waals surface area contributed by atoms with E-state index in [2.05, 4.69) is 19.1 Å². The van der Waals surface area contributed by atoms with Crippen molar-refractivity contribution in [3.8, 4) is 5.75 Å². The van der Waals surface area contributed by atoms with Crippen LogP contribution >= 0.6 is 0 Å². The van der Waals surface area contributed by atoms with E-state index >= 15 is 0 Å². The lowest BCUT2D eigenvalue weighted by Crippen LogP contribution is -2.13. The topological polar surface area (TPSA) is 26.3 Å². The van der Waals surface area contributed by atoms with Crippen molar-refractivity contribution in [1.29, 1.82) is 0 Å².